The van der Waals surface area contributed by atoms with Crippen LogP contribution in [0.3, 0.4) is 0 Å². The number of aliphatic hydroxyl groups is 1. The molecule has 3 N–H and O–H groups in total. The number of Topliss-reactive ketones (excluding diaryl/α,β-unsaturated/α-hetero) is 1. The number of carbonyl (C=O) groups is 3. The van der Waals surface area contributed by atoms with Crippen LogP contribution in [0.5, 0.6) is 0 Å². The molecule has 2 aromatic carbocycles. The maximum Gasteiger partial charge on any atom is 0.419 e. The number of alkyl halides is 3. The first-order chi connectivity index (χ1) is 23.5. The lowest BCUT2D eigenvalue weighted by molar-refractivity contribution is -0.142. The molecule has 50 heavy (non-hydrogen) atoms. The molecule has 266 valence electrons. The number of aliphatic hydroxyl groups excluding tert-OH is 1. The lowest BCUT2D eigenvalue weighted by atomic mass is 9.96. The Hall–Kier alpha value is -4.80. The molecule has 6 rings (SSSR count). The van der Waals surface area contributed by atoms with E-state index in [2.05, 4.69) is 20.7 Å². The normalized spacial score (nSPS) is 18.0. The van der Waals surface area contributed by atoms with Crippen LogP contribution < -0.4 is 10.6 Å². The van der Waals surface area contributed by atoms with Crippen molar-refractivity contribution in [1.82, 2.24) is 25.2 Å². The lowest BCUT2D eigenvalue weighted by Crippen LogP contribution is -2.30. The maximum absolute atomic E-state index is 14.4. The molecule has 1 aliphatic carbocycles. The molecular formula is C34H34F5N5O6. The third kappa shape index (κ3) is 7.82. The Bertz CT molecular complexity index is 1960. The van der Waals surface area contributed by atoms with Gasteiger partial charge in [0, 0.05) is 18.2 Å². The van der Waals surface area contributed by atoms with Gasteiger partial charge in [0.2, 0.25) is 0 Å². The molecule has 0 saturated carbocycles. The molecule has 3 heterocycles. The first-order valence-electron chi connectivity index (χ1n) is 15.5. The number of carbonyl (C=O) groups excluding carboxylic acids is 3. The number of nitrogens with one attached hydrogen (secondary N) is 2. The van der Waals surface area contributed by atoms with Crippen LogP contribution in [0.25, 0.3) is 5.65 Å². The zero-order valence-corrected chi connectivity index (χ0v) is 27.5. The summed E-state index contributed by atoms with van der Waals surface area (Å²) >= 11 is 0. The van der Waals surface area contributed by atoms with Gasteiger partial charge in [-0.15, -0.1) is 0 Å². The Labute approximate surface area is 282 Å². The average Bonchev–Trinajstić information content (AvgIpc) is 3.76. The highest BCUT2D eigenvalue weighted by Crippen LogP contribution is 2.35. The van der Waals surface area contributed by atoms with E-state index in [-0.39, 0.29) is 35.4 Å². The standard InChI is InChI=1S/C28H22F5N5O3.C6H12O3/c1-13-16(14(2)39)4-5-18-17(13)6-8-22(18)37-27(41)24-10-23(36-25-21(30)12-35-38(24)25)26(40)34-11-15-3-7-20(29)19(9-15)28(31,32)33;1-6(2)8-4-5(3-7)9-6/h3-5,7,9-10,12,22H,6,8,11H2,1-2H3,(H,34,40)(H,37,41);5,7H,3-4H2,1-2H3/t22-;/m0./s1. The van der Waals surface area contributed by atoms with Gasteiger partial charge in [-0.2, -0.15) is 18.3 Å². The van der Waals surface area contributed by atoms with Crippen LogP contribution in [0, 0.1) is 18.6 Å². The summed E-state index contributed by atoms with van der Waals surface area (Å²) in [5.41, 5.74) is 0.743. The van der Waals surface area contributed by atoms with Crippen molar-refractivity contribution in [2.24, 2.45) is 0 Å². The second kappa shape index (κ2) is 14.2. The molecule has 1 saturated heterocycles. The summed E-state index contributed by atoms with van der Waals surface area (Å²) in [5, 5.41) is 17.7. The van der Waals surface area contributed by atoms with Gasteiger partial charge in [-0.25, -0.2) is 18.3 Å². The Morgan fingerprint density at radius 1 is 1.08 bits per heavy atom. The monoisotopic (exact) mass is 703 g/mol. The molecule has 0 radical (unpaired) electrons. The molecule has 1 aliphatic heterocycles. The molecule has 0 spiro atoms. The number of aromatic nitrogens is 3. The highest BCUT2D eigenvalue weighted by molar-refractivity contribution is 5.99. The summed E-state index contributed by atoms with van der Waals surface area (Å²) in [6, 6.07) is 6.46. The van der Waals surface area contributed by atoms with E-state index in [1.165, 1.54) is 6.92 Å². The molecular weight excluding hydrogens is 669 g/mol. The average molecular weight is 704 g/mol. The summed E-state index contributed by atoms with van der Waals surface area (Å²) in [4.78, 5) is 42.1. The minimum Gasteiger partial charge on any atom is -0.394 e. The van der Waals surface area contributed by atoms with Crippen molar-refractivity contribution < 1.29 is 50.9 Å². The maximum atomic E-state index is 14.4. The van der Waals surface area contributed by atoms with E-state index >= 15 is 0 Å². The number of hydrogen-bond acceptors (Lipinski definition) is 8. The zero-order valence-electron chi connectivity index (χ0n) is 27.5. The second-order valence-corrected chi connectivity index (χ2v) is 12.3. The van der Waals surface area contributed by atoms with Crippen LogP contribution in [-0.4, -0.2) is 62.4 Å². The summed E-state index contributed by atoms with van der Waals surface area (Å²) in [6.45, 7) is 7.13. The predicted molar refractivity (Wildman–Crippen MR) is 167 cm³/mol. The Kier molecular flexibility index (Phi) is 10.4. The summed E-state index contributed by atoms with van der Waals surface area (Å²) in [6.07, 6.45) is -3.04. The van der Waals surface area contributed by atoms with Crippen molar-refractivity contribution in [2.75, 3.05) is 13.2 Å². The van der Waals surface area contributed by atoms with Crippen LogP contribution in [0.15, 0.2) is 42.6 Å². The van der Waals surface area contributed by atoms with E-state index in [0.29, 0.717) is 37.1 Å². The van der Waals surface area contributed by atoms with Gasteiger partial charge in [0.1, 0.15) is 23.3 Å². The number of amides is 2. The van der Waals surface area contributed by atoms with Crippen LogP contribution >= 0.6 is 0 Å². The third-order valence-corrected chi connectivity index (χ3v) is 8.33. The van der Waals surface area contributed by atoms with E-state index in [0.717, 1.165) is 39.5 Å². The Morgan fingerprint density at radius 3 is 2.44 bits per heavy atom. The van der Waals surface area contributed by atoms with Crippen molar-refractivity contribution in [3.63, 3.8) is 0 Å². The molecule has 2 atom stereocenters. The Morgan fingerprint density at radius 2 is 1.82 bits per heavy atom. The number of ether oxygens (including phenoxy) is 2. The number of ketones is 1. The van der Waals surface area contributed by atoms with Gasteiger partial charge in [-0.3, -0.25) is 14.4 Å². The van der Waals surface area contributed by atoms with Crippen LogP contribution in [0.2, 0.25) is 0 Å². The number of hydrogen-bond donors (Lipinski definition) is 3. The zero-order chi connectivity index (χ0) is 36.5. The fourth-order valence-electron chi connectivity index (χ4n) is 5.88. The van der Waals surface area contributed by atoms with Crippen molar-refractivity contribution in [1.29, 1.82) is 0 Å². The second-order valence-electron chi connectivity index (χ2n) is 12.3. The number of rotatable bonds is 7. The number of halogens is 5. The summed E-state index contributed by atoms with van der Waals surface area (Å²) in [7, 11) is 0. The van der Waals surface area contributed by atoms with Crippen LogP contribution in [0.1, 0.15) is 92.4 Å². The van der Waals surface area contributed by atoms with Crippen molar-refractivity contribution in [3.8, 4) is 0 Å². The molecule has 2 aromatic heterocycles. The minimum atomic E-state index is -4.92. The summed E-state index contributed by atoms with van der Waals surface area (Å²) < 4.78 is 78.5. The molecule has 1 unspecified atom stereocenters. The fourth-order valence-corrected chi connectivity index (χ4v) is 5.88. The van der Waals surface area contributed by atoms with Gasteiger partial charge >= 0.3 is 6.18 Å². The van der Waals surface area contributed by atoms with Gasteiger partial charge < -0.3 is 25.2 Å². The highest BCUT2D eigenvalue weighted by Gasteiger charge is 2.35. The van der Waals surface area contributed by atoms with Crippen molar-refractivity contribution >= 4 is 23.2 Å². The molecule has 2 amide bonds. The molecule has 0 bridgehead atoms. The van der Waals surface area contributed by atoms with Gasteiger partial charge in [0.15, 0.2) is 23.0 Å². The van der Waals surface area contributed by atoms with E-state index < -0.39 is 59.2 Å². The van der Waals surface area contributed by atoms with Crippen LogP contribution in [-0.2, 0) is 28.6 Å². The molecule has 2 aliphatic rings. The number of nitrogens with zero attached hydrogens (tertiary/aromatic N) is 3. The van der Waals surface area contributed by atoms with E-state index in [1.54, 1.807) is 12.1 Å². The van der Waals surface area contributed by atoms with Crippen molar-refractivity contribution in [2.45, 2.75) is 71.2 Å². The molecule has 1 fully saturated rings. The van der Waals surface area contributed by atoms with Gasteiger partial charge in [-0.05, 0) is 74.9 Å². The molecule has 11 nitrogen and oxygen atoms in total. The first-order valence-corrected chi connectivity index (χ1v) is 15.5. The third-order valence-electron chi connectivity index (χ3n) is 8.33. The first kappa shape index (κ1) is 36.5. The van der Waals surface area contributed by atoms with Crippen molar-refractivity contribution in [3.05, 3.63) is 99.0 Å². The van der Waals surface area contributed by atoms with Gasteiger partial charge in [0.25, 0.3) is 11.8 Å². The molecule has 16 heteroatoms. The highest BCUT2D eigenvalue weighted by atomic mass is 19.4. The summed E-state index contributed by atoms with van der Waals surface area (Å²) in [5.74, 6) is -4.49. The fraction of sp³-hybridized carbons (Fsp3) is 0.382. The Balaban J connectivity index is 0.000000470. The van der Waals surface area contributed by atoms with E-state index in [4.69, 9.17) is 14.6 Å². The van der Waals surface area contributed by atoms with Crippen LogP contribution in [0.4, 0.5) is 22.0 Å². The van der Waals surface area contributed by atoms with Gasteiger partial charge in [0.05, 0.1) is 31.0 Å². The number of fused-ring (bicyclic) bond motifs is 2. The predicted octanol–water partition coefficient (Wildman–Crippen LogP) is 5.01. The SMILES string of the molecule is CC(=O)c1ccc2c(c1C)CC[C@@H]2NC(=O)c1cc(C(=O)NCc2ccc(F)c(C(F)(F)F)c2)nc2c(F)cnn12.CC1(C)OCC(CO)O1. The van der Waals surface area contributed by atoms with E-state index in [1.807, 2.05) is 20.8 Å². The van der Waals surface area contributed by atoms with Gasteiger partial charge in [-0.1, -0.05) is 18.2 Å². The molecule has 4 aromatic rings. The quantitative estimate of drug-likeness (QED) is 0.180. The topological polar surface area (TPSA) is 144 Å². The minimum absolute atomic E-state index is 0.0372. The lowest BCUT2D eigenvalue weighted by Gasteiger charge is -2.16. The number of benzene rings is 2. The largest absolute Gasteiger partial charge is 0.419 e. The van der Waals surface area contributed by atoms with E-state index in [9.17, 15) is 36.3 Å². The smallest absolute Gasteiger partial charge is 0.394 e.